The molecule has 0 saturated carbocycles. The number of rotatable bonds is 3. The Balaban J connectivity index is 1.62. The highest BCUT2D eigenvalue weighted by molar-refractivity contribution is 6.21. The van der Waals surface area contributed by atoms with Gasteiger partial charge in [0.15, 0.2) is 0 Å². The van der Waals surface area contributed by atoms with Gasteiger partial charge in [-0.3, -0.25) is 14.5 Å². The number of aryl methyl sites for hydroxylation is 2. The zero-order chi connectivity index (χ0) is 20.9. The van der Waals surface area contributed by atoms with Crippen LogP contribution in [0.4, 0.5) is 0 Å². The van der Waals surface area contributed by atoms with E-state index in [4.69, 9.17) is 9.15 Å². The smallest absolute Gasteiger partial charge is 0.338 e. The lowest BCUT2D eigenvalue weighted by Gasteiger charge is -2.09. The van der Waals surface area contributed by atoms with Crippen molar-refractivity contribution in [3.63, 3.8) is 0 Å². The Morgan fingerprint density at radius 2 is 1.66 bits per heavy atom. The Morgan fingerprint density at radius 1 is 0.966 bits per heavy atom. The molecule has 7 nitrogen and oxygen atoms in total. The SMILES string of the molecule is Cc1cc2oc(=O)cc(COC(=O)c3ccc4c(c3)C(=O)N(C)C4=O)c2cc1C. The minimum absolute atomic E-state index is 0.132. The Labute approximate surface area is 165 Å². The summed E-state index contributed by atoms with van der Waals surface area (Å²) < 4.78 is 10.6. The lowest BCUT2D eigenvalue weighted by molar-refractivity contribution is 0.0473. The van der Waals surface area contributed by atoms with Gasteiger partial charge in [0, 0.05) is 24.1 Å². The molecule has 2 aromatic carbocycles. The zero-order valence-corrected chi connectivity index (χ0v) is 16.1. The molecule has 2 heterocycles. The van der Waals surface area contributed by atoms with E-state index in [9.17, 15) is 19.2 Å². The van der Waals surface area contributed by atoms with E-state index in [1.807, 2.05) is 19.9 Å². The van der Waals surface area contributed by atoms with Gasteiger partial charge in [-0.25, -0.2) is 9.59 Å². The van der Waals surface area contributed by atoms with Crippen LogP contribution < -0.4 is 5.63 Å². The van der Waals surface area contributed by atoms with E-state index in [0.29, 0.717) is 16.5 Å². The van der Waals surface area contributed by atoms with Crippen molar-refractivity contribution >= 4 is 28.8 Å². The number of esters is 1. The van der Waals surface area contributed by atoms with Crippen LogP contribution in [0.1, 0.15) is 47.8 Å². The molecule has 0 atom stereocenters. The van der Waals surface area contributed by atoms with Gasteiger partial charge in [-0.1, -0.05) is 0 Å². The van der Waals surface area contributed by atoms with Crippen LogP contribution in [0.5, 0.6) is 0 Å². The lowest BCUT2D eigenvalue weighted by atomic mass is 10.0. The summed E-state index contributed by atoms with van der Waals surface area (Å²) >= 11 is 0. The standard InChI is InChI=1S/C22H17NO6/c1-11-6-16-14(9-19(24)29-18(16)7-12(11)2)10-28-22(27)13-4-5-15-17(8-13)21(26)23(3)20(15)25/h4-9H,10H2,1-3H3. The Kier molecular flexibility index (Phi) is 4.30. The fraction of sp³-hybridized carbons (Fsp3) is 0.182. The van der Waals surface area contributed by atoms with Gasteiger partial charge in [-0.2, -0.15) is 0 Å². The average Bonchev–Trinajstić information content (AvgIpc) is 2.91. The number of carbonyl (C=O) groups is 3. The van der Waals surface area contributed by atoms with Crippen molar-refractivity contribution in [2.45, 2.75) is 20.5 Å². The summed E-state index contributed by atoms with van der Waals surface area (Å²) in [5.74, 6) is -1.52. The molecule has 146 valence electrons. The van der Waals surface area contributed by atoms with Gasteiger partial charge in [0.2, 0.25) is 0 Å². The van der Waals surface area contributed by atoms with Crippen LogP contribution >= 0.6 is 0 Å². The molecule has 0 fully saturated rings. The third kappa shape index (κ3) is 3.10. The number of hydrogen-bond donors (Lipinski definition) is 0. The van der Waals surface area contributed by atoms with E-state index >= 15 is 0 Å². The van der Waals surface area contributed by atoms with Crippen molar-refractivity contribution in [1.29, 1.82) is 0 Å². The molecule has 0 spiro atoms. The second-order valence-corrected chi connectivity index (χ2v) is 7.03. The van der Waals surface area contributed by atoms with Gasteiger partial charge in [-0.15, -0.1) is 0 Å². The predicted molar refractivity (Wildman–Crippen MR) is 104 cm³/mol. The highest BCUT2D eigenvalue weighted by Gasteiger charge is 2.33. The van der Waals surface area contributed by atoms with Gasteiger partial charge in [0.25, 0.3) is 11.8 Å². The molecule has 2 amide bonds. The van der Waals surface area contributed by atoms with Gasteiger partial charge >= 0.3 is 11.6 Å². The molecule has 3 aromatic rings. The molecular formula is C22H17NO6. The summed E-state index contributed by atoms with van der Waals surface area (Å²) in [4.78, 5) is 49.4. The van der Waals surface area contributed by atoms with E-state index in [0.717, 1.165) is 16.0 Å². The molecule has 1 aliphatic heterocycles. The normalized spacial score (nSPS) is 13.1. The summed E-state index contributed by atoms with van der Waals surface area (Å²) in [6, 6.07) is 9.19. The number of hydrogen-bond acceptors (Lipinski definition) is 6. The van der Waals surface area contributed by atoms with Gasteiger partial charge in [0.1, 0.15) is 12.2 Å². The van der Waals surface area contributed by atoms with Crippen LogP contribution in [0, 0.1) is 13.8 Å². The maximum atomic E-state index is 12.5. The van der Waals surface area contributed by atoms with Crippen LogP contribution in [0.15, 0.2) is 45.6 Å². The maximum Gasteiger partial charge on any atom is 0.338 e. The predicted octanol–water partition coefficient (Wildman–Crippen LogP) is 2.99. The molecule has 0 aliphatic carbocycles. The molecule has 7 heteroatoms. The molecule has 0 radical (unpaired) electrons. The number of nitrogens with zero attached hydrogens (tertiary/aromatic N) is 1. The third-order valence-electron chi connectivity index (χ3n) is 5.13. The van der Waals surface area contributed by atoms with Gasteiger partial charge in [-0.05, 0) is 55.3 Å². The molecule has 1 aromatic heterocycles. The second kappa shape index (κ2) is 6.70. The first-order chi connectivity index (χ1) is 13.8. The molecule has 4 rings (SSSR count). The zero-order valence-electron chi connectivity index (χ0n) is 16.1. The highest BCUT2D eigenvalue weighted by atomic mass is 16.5. The number of carbonyl (C=O) groups excluding carboxylic acids is 3. The molecule has 0 N–H and O–H groups in total. The highest BCUT2D eigenvalue weighted by Crippen LogP contribution is 2.24. The van der Waals surface area contributed by atoms with E-state index in [1.54, 1.807) is 6.07 Å². The van der Waals surface area contributed by atoms with Crippen molar-refractivity contribution in [3.05, 3.63) is 80.2 Å². The molecule has 0 unspecified atom stereocenters. The molecule has 29 heavy (non-hydrogen) atoms. The minimum atomic E-state index is -0.659. The van der Waals surface area contributed by atoms with E-state index in [1.165, 1.54) is 31.3 Å². The van der Waals surface area contributed by atoms with Crippen molar-refractivity contribution in [2.24, 2.45) is 0 Å². The van der Waals surface area contributed by atoms with E-state index < -0.39 is 23.4 Å². The molecule has 0 saturated heterocycles. The van der Waals surface area contributed by atoms with Crippen molar-refractivity contribution < 1.29 is 23.5 Å². The van der Waals surface area contributed by atoms with Crippen LogP contribution in [0.3, 0.4) is 0 Å². The van der Waals surface area contributed by atoms with Crippen LogP contribution in [0.2, 0.25) is 0 Å². The van der Waals surface area contributed by atoms with Crippen LogP contribution in [0.25, 0.3) is 11.0 Å². The number of benzene rings is 2. The summed E-state index contributed by atoms with van der Waals surface area (Å²) in [6.45, 7) is 3.72. The van der Waals surface area contributed by atoms with Crippen LogP contribution in [-0.2, 0) is 11.3 Å². The van der Waals surface area contributed by atoms with Gasteiger partial charge < -0.3 is 9.15 Å². The largest absolute Gasteiger partial charge is 0.457 e. The van der Waals surface area contributed by atoms with Crippen molar-refractivity contribution in [1.82, 2.24) is 4.90 Å². The van der Waals surface area contributed by atoms with Gasteiger partial charge in [0.05, 0.1) is 16.7 Å². The molecular weight excluding hydrogens is 374 g/mol. The fourth-order valence-corrected chi connectivity index (χ4v) is 3.32. The number of amides is 2. The van der Waals surface area contributed by atoms with Crippen molar-refractivity contribution in [3.8, 4) is 0 Å². The monoisotopic (exact) mass is 391 g/mol. The minimum Gasteiger partial charge on any atom is -0.457 e. The average molecular weight is 391 g/mol. The van der Waals surface area contributed by atoms with E-state index in [2.05, 4.69) is 0 Å². The van der Waals surface area contributed by atoms with E-state index in [-0.39, 0.29) is 23.3 Å². The summed E-state index contributed by atoms with van der Waals surface area (Å²) in [6.07, 6.45) is 0. The lowest BCUT2D eigenvalue weighted by Crippen LogP contribution is -2.24. The quantitative estimate of drug-likeness (QED) is 0.387. The van der Waals surface area contributed by atoms with Crippen molar-refractivity contribution in [2.75, 3.05) is 7.05 Å². The summed E-state index contributed by atoms with van der Waals surface area (Å²) in [7, 11) is 1.39. The first-order valence-corrected chi connectivity index (χ1v) is 8.94. The number of ether oxygens (including phenoxy) is 1. The maximum absolute atomic E-state index is 12.5. The molecule has 1 aliphatic rings. The Hall–Kier alpha value is -3.74. The first-order valence-electron chi connectivity index (χ1n) is 8.94. The number of imide groups is 1. The Bertz CT molecular complexity index is 1270. The fourth-order valence-electron chi connectivity index (χ4n) is 3.32. The Morgan fingerprint density at radius 3 is 2.41 bits per heavy atom. The topological polar surface area (TPSA) is 93.9 Å². The van der Waals surface area contributed by atoms with Crippen LogP contribution in [-0.4, -0.2) is 29.7 Å². The first kappa shape index (κ1) is 18.6. The summed E-state index contributed by atoms with van der Waals surface area (Å²) in [5, 5.41) is 0.692. The molecule has 0 bridgehead atoms. The number of fused-ring (bicyclic) bond motifs is 2. The second-order valence-electron chi connectivity index (χ2n) is 7.03. The third-order valence-corrected chi connectivity index (χ3v) is 5.13. The summed E-state index contributed by atoms with van der Waals surface area (Å²) in [5.41, 5.74) is 3.00.